The summed E-state index contributed by atoms with van der Waals surface area (Å²) < 4.78 is 18.4. The fourth-order valence-corrected chi connectivity index (χ4v) is 5.03. The van der Waals surface area contributed by atoms with Gasteiger partial charge in [-0.2, -0.15) is 5.10 Å². The summed E-state index contributed by atoms with van der Waals surface area (Å²) >= 11 is 0. The second-order valence-electron chi connectivity index (χ2n) is 10.9. The van der Waals surface area contributed by atoms with Gasteiger partial charge in [-0.1, -0.05) is 0 Å². The summed E-state index contributed by atoms with van der Waals surface area (Å²) in [4.78, 5) is 26.4. The van der Waals surface area contributed by atoms with Crippen LogP contribution in [0.3, 0.4) is 0 Å². The van der Waals surface area contributed by atoms with E-state index in [0.717, 1.165) is 52.7 Å². The number of hydrogen-bond acceptors (Lipinski definition) is 8. The lowest BCUT2D eigenvalue weighted by Gasteiger charge is -2.31. The van der Waals surface area contributed by atoms with E-state index in [-0.39, 0.29) is 18.9 Å². The molecule has 0 saturated carbocycles. The molecule has 1 aromatic carbocycles. The minimum atomic E-state index is -0.517. The zero-order valence-corrected chi connectivity index (χ0v) is 23.5. The summed E-state index contributed by atoms with van der Waals surface area (Å²) in [5.41, 5.74) is 3.60. The van der Waals surface area contributed by atoms with Crippen molar-refractivity contribution in [2.45, 2.75) is 45.8 Å². The number of amides is 1. The maximum Gasteiger partial charge on any atom is 0.410 e. The minimum absolute atomic E-state index is 0.0916. The average molecular weight is 533 g/mol. The van der Waals surface area contributed by atoms with Crippen LogP contribution in [-0.4, -0.2) is 75.9 Å². The molecule has 1 saturated heterocycles. The van der Waals surface area contributed by atoms with Crippen molar-refractivity contribution < 1.29 is 19.0 Å². The molecule has 0 aliphatic carbocycles. The number of benzene rings is 1. The third-order valence-corrected chi connectivity index (χ3v) is 6.79. The van der Waals surface area contributed by atoms with Crippen LogP contribution in [0.4, 0.5) is 10.5 Å². The molecule has 206 valence electrons. The number of aromatic nitrogens is 4. The van der Waals surface area contributed by atoms with Crippen LogP contribution in [0.5, 0.6) is 5.75 Å². The van der Waals surface area contributed by atoms with Crippen LogP contribution in [0, 0.1) is 0 Å². The van der Waals surface area contributed by atoms with Crippen molar-refractivity contribution in [3.8, 4) is 17.0 Å². The molecule has 1 aliphatic rings. The number of carbonyl (C=O) groups excluding carboxylic acids is 1. The molecule has 1 atom stereocenters. The highest BCUT2D eigenvalue weighted by Gasteiger charge is 2.32. The number of hydrogen-bond donors (Lipinski definition) is 0. The van der Waals surface area contributed by atoms with Gasteiger partial charge in [0.15, 0.2) is 12.4 Å². The fraction of sp³-hybridized carbons (Fsp3) is 0.448. The first-order valence-electron chi connectivity index (χ1n) is 13.3. The Morgan fingerprint density at radius 1 is 1.18 bits per heavy atom. The van der Waals surface area contributed by atoms with Gasteiger partial charge in [0.1, 0.15) is 11.4 Å². The van der Waals surface area contributed by atoms with E-state index in [0.29, 0.717) is 17.9 Å². The second kappa shape index (κ2) is 10.7. The Labute approximate surface area is 228 Å². The van der Waals surface area contributed by atoms with E-state index in [4.69, 9.17) is 24.2 Å². The third-order valence-electron chi connectivity index (χ3n) is 6.79. The maximum absolute atomic E-state index is 12.7. The second-order valence-corrected chi connectivity index (χ2v) is 10.9. The highest BCUT2D eigenvalue weighted by atomic mass is 16.7. The fourth-order valence-electron chi connectivity index (χ4n) is 5.03. The quantitative estimate of drug-likeness (QED) is 0.307. The van der Waals surface area contributed by atoms with E-state index >= 15 is 0 Å². The average Bonchev–Trinajstić information content (AvgIpc) is 3.51. The standard InChI is InChI=1S/C29H36N6O4/c1-7-35(28(36)39-29(2,3)4)21-10-11-34(17-21)22-12-19-8-9-24(31-27(19)30-15-22)23-13-20-16-33(5)32-25(20)14-26(23)38-18-37-6/h8-9,12-16,21H,7,10-11,17-18H2,1-6H3/t21-/m1/s1. The molecular weight excluding hydrogens is 496 g/mol. The molecule has 4 heterocycles. The Morgan fingerprint density at radius 3 is 2.74 bits per heavy atom. The van der Waals surface area contributed by atoms with Crippen molar-refractivity contribution in [3.63, 3.8) is 0 Å². The molecule has 4 aromatic rings. The number of pyridine rings is 2. The minimum Gasteiger partial charge on any atom is -0.467 e. The first kappa shape index (κ1) is 26.7. The maximum atomic E-state index is 12.7. The van der Waals surface area contributed by atoms with Gasteiger partial charge in [-0.25, -0.2) is 14.8 Å². The van der Waals surface area contributed by atoms with Crippen LogP contribution in [0.25, 0.3) is 33.2 Å². The van der Waals surface area contributed by atoms with E-state index in [1.165, 1.54) is 0 Å². The summed E-state index contributed by atoms with van der Waals surface area (Å²) in [5, 5.41) is 6.43. The number of carbonyl (C=O) groups is 1. The van der Waals surface area contributed by atoms with Crippen LogP contribution < -0.4 is 9.64 Å². The number of likely N-dealkylation sites (N-methyl/N-ethyl adjacent to an activating group) is 1. The van der Waals surface area contributed by atoms with Crippen molar-refractivity contribution in [3.05, 3.63) is 42.7 Å². The molecule has 0 N–H and O–H groups in total. The Morgan fingerprint density at radius 2 is 2.00 bits per heavy atom. The van der Waals surface area contributed by atoms with E-state index < -0.39 is 5.60 Å². The topological polar surface area (TPSA) is 94.8 Å². The summed E-state index contributed by atoms with van der Waals surface area (Å²) in [7, 11) is 3.49. The molecule has 1 fully saturated rings. The summed E-state index contributed by atoms with van der Waals surface area (Å²) in [6.07, 6.45) is 4.45. The lowest BCUT2D eigenvalue weighted by molar-refractivity contribution is 0.0191. The number of fused-ring (bicyclic) bond motifs is 2. The Hall–Kier alpha value is -3.92. The molecule has 0 unspecified atom stereocenters. The molecule has 10 heteroatoms. The molecule has 5 rings (SSSR count). The lowest BCUT2D eigenvalue weighted by atomic mass is 10.1. The SMILES string of the molecule is CCN(C(=O)OC(C)(C)C)[C@@H]1CCN(c2cnc3nc(-c4cc5cn(C)nc5cc4OCOC)ccc3c2)C1. The van der Waals surface area contributed by atoms with Crippen molar-refractivity contribution in [2.75, 3.05) is 38.4 Å². The Balaban J connectivity index is 1.38. The van der Waals surface area contributed by atoms with Crippen LogP contribution >= 0.6 is 0 Å². The largest absolute Gasteiger partial charge is 0.467 e. The number of aryl methyl sites for hydroxylation is 1. The molecule has 0 radical (unpaired) electrons. The highest BCUT2D eigenvalue weighted by Crippen LogP contribution is 2.34. The normalized spacial score (nSPS) is 15.7. The molecular formula is C29H36N6O4. The van der Waals surface area contributed by atoms with Gasteiger partial charge in [-0.05, 0) is 58.4 Å². The first-order chi connectivity index (χ1) is 18.6. The molecule has 3 aromatic heterocycles. The summed E-state index contributed by atoms with van der Waals surface area (Å²) in [6.45, 7) is 9.98. The zero-order chi connectivity index (χ0) is 27.7. The van der Waals surface area contributed by atoms with Crippen LogP contribution in [0.1, 0.15) is 34.1 Å². The van der Waals surface area contributed by atoms with Crippen molar-refractivity contribution in [1.29, 1.82) is 0 Å². The molecule has 1 aliphatic heterocycles. The van der Waals surface area contributed by atoms with Crippen molar-refractivity contribution in [1.82, 2.24) is 24.6 Å². The van der Waals surface area contributed by atoms with E-state index in [1.807, 2.05) is 76.3 Å². The molecule has 39 heavy (non-hydrogen) atoms. The number of nitrogens with zero attached hydrogens (tertiary/aromatic N) is 6. The zero-order valence-electron chi connectivity index (χ0n) is 23.5. The first-order valence-corrected chi connectivity index (χ1v) is 13.3. The van der Waals surface area contributed by atoms with Crippen molar-refractivity contribution in [2.24, 2.45) is 7.05 Å². The third kappa shape index (κ3) is 5.75. The van der Waals surface area contributed by atoms with Crippen LogP contribution in [0.15, 0.2) is 42.7 Å². The number of rotatable bonds is 7. The smallest absolute Gasteiger partial charge is 0.410 e. The van der Waals surface area contributed by atoms with Crippen LogP contribution in [0.2, 0.25) is 0 Å². The monoisotopic (exact) mass is 532 g/mol. The number of anilines is 1. The lowest BCUT2D eigenvalue weighted by Crippen LogP contribution is -2.44. The van der Waals surface area contributed by atoms with Gasteiger partial charge in [0.2, 0.25) is 0 Å². The molecule has 1 amide bonds. The predicted octanol–water partition coefficient (Wildman–Crippen LogP) is 5.00. The van der Waals surface area contributed by atoms with Gasteiger partial charge in [-0.3, -0.25) is 4.68 Å². The van der Waals surface area contributed by atoms with Gasteiger partial charge in [-0.15, -0.1) is 0 Å². The molecule has 0 bridgehead atoms. The van der Waals surface area contributed by atoms with E-state index in [1.54, 1.807) is 11.8 Å². The van der Waals surface area contributed by atoms with Gasteiger partial charge in [0, 0.05) is 62.4 Å². The Kier molecular flexibility index (Phi) is 7.31. The van der Waals surface area contributed by atoms with Crippen molar-refractivity contribution >= 4 is 33.7 Å². The van der Waals surface area contributed by atoms with Gasteiger partial charge in [0.25, 0.3) is 0 Å². The predicted molar refractivity (Wildman–Crippen MR) is 151 cm³/mol. The highest BCUT2D eigenvalue weighted by molar-refractivity contribution is 5.89. The van der Waals surface area contributed by atoms with Gasteiger partial charge >= 0.3 is 6.09 Å². The van der Waals surface area contributed by atoms with Gasteiger partial charge in [0.05, 0.1) is 29.1 Å². The van der Waals surface area contributed by atoms with Gasteiger partial charge < -0.3 is 24.0 Å². The van der Waals surface area contributed by atoms with E-state index in [2.05, 4.69) is 16.1 Å². The Bertz CT molecular complexity index is 1490. The van der Waals surface area contributed by atoms with E-state index in [9.17, 15) is 4.79 Å². The summed E-state index contributed by atoms with van der Waals surface area (Å²) in [5.74, 6) is 0.653. The number of ether oxygens (including phenoxy) is 3. The summed E-state index contributed by atoms with van der Waals surface area (Å²) in [6, 6.07) is 10.2. The number of methoxy groups -OCH3 is 1. The van der Waals surface area contributed by atoms with Crippen LogP contribution in [-0.2, 0) is 16.5 Å². The molecule has 10 nitrogen and oxygen atoms in total. The molecule has 0 spiro atoms.